The number of aromatic hydroxyl groups is 1. The molecule has 30 heavy (non-hydrogen) atoms. The van der Waals surface area contributed by atoms with E-state index in [9.17, 15) is 5.11 Å². The van der Waals surface area contributed by atoms with Crippen LogP contribution in [-0.2, 0) is 11.2 Å². The summed E-state index contributed by atoms with van der Waals surface area (Å²) in [7, 11) is 0. The number of aromatic nitrogens is 2. The molecule has 156 valence electrons. The molecule has 2 aromatic rings. The Kier molecular flexibility index (Phi) is 5.05. The number of benzene rings is 1. The molecule has 4 heterocycles. The topological polar surface area (TPSA) is 85.5 Å². The van der Waals surface area contributed by atoms with Gasteiger partial charge in [-0.15, -0.1) is 10.2 Å². The van der Waals surface area contributed by atoms with Crippen LogP contribution in [0.25, 0.3) is 11.3 Å². The van der Waals surface area contributed by atoms with Gasteiger partial charge in [0, 0.05) is 30.3 Å². The quantitative estimate of drug-likeness (QED) is 0.840. The lowest BCUT2D eigenvalue weighted by Crippen LogP contribution is -2.57. The predicted octanol–water partition coefficient (Wildman–Crippen LogP) is 2.65. The van der Waals surface area contributed by atoms with Crippen LogP contribution in [0.3, 0.4) is 0 Å². The molecule has 0 bridgehead atoms. The predicted molar refractivity (Wildman–Crippen MR) is 113 cm³/mol. The molecule has 3 aliphatic rings. The van der Waals surface area contributed by atoms with E-state index in [2.05, 4.69) is 33.0 Å². The van der Waals surface area contributed by atoms with Crippen molar-refractivity contribution in [3.8, 4) is 23.1 Å². The molecular formula is C23H27N5O2. The van der Waals surface area contributed by atoms with E-state index in [-0.39, 0.29) is 5.75 Å². The number of phenolic OH excluding ortho intramolecular Hbond substituents is 1. The van der Waals surface area contributed by atoms with E-state index in [0.29, 0.717) is 28.9 Å². The maximum Gasteiger partial charge on any atom is 0.155 e. The van der Waals surface area contributed by atoms with Gasteiger partial charge in [0.05, 0.1) is 36.6 Å². The van der Waals surface area contributed by atoms with Crippen LogP contribution in [0.2, 0.25) is 0 Å². The van der Waals surface area contributed by atoms with Gasteiger partial charge in [-0.1, -0.05) is 0 Å². The lowest BCUT2D eigenvalue weighted by atomic mass is 9.94. The Bertz CT molecular complexity index is 998. The highest BCUT2D eigenvalue weighted by Gasteiger charge is 2.35. The standard InChI is InChI=1S/C23H27N5O2/c1-15-19-5-3-9-28(17-4-2-8-27(12-17)18-13-30-14-18)23(19)26-25-22(15)20-7-6-16(11-24)10-21(20)29/h6-7,10,17-18,29H,2-5,8-9,12-14H2,1H3/t17-/m1/s1. The van der Waals surface area contributed by atoms with Gasteiger partial charge in [0.25, 0.3) is 0 Å². The maximum atomic E-state index is 10.4. The highest BCUT2D eigenvalue weighted by Crippen LogP contribution is 2.37. The number of hydrogen-bond acceptors (Lipinski definition) is 7. The molecule has 0 amide bonds. The van der Waals surface area contributed by atoms with Crippen molar-refractivity contribution in [1.82, 2.24) is 15.1 Å². The van der Waals surface area contributed by atoms with Crippen LogP contribution < -0.4 is 4.90 Å². The highest BCUT2D eigenvalue weighted by molar-refractivity contribution is 5.73. The first kappa shape index (κ1) is 19.3. The fourth-order valence-corrected chi connectivity index (χ4v) is 5.02. The largest absolute Gasteiger partial charge is 0.507 e. The summed E-state index contributed by atoms with van der Waals surface area (Å²) in [5, 5.41) is 28.7. The molecule has 2 saturated heterocycles. The molecule has 3 aliphatic heterocycles. The molecule has 0 radical (unpaired) electrons. The average Bonchev–Trinajstić information content (AvgIpc) is 2.73. The van der Waals surface area contributed by atoms with Gasteiger partial charge in [-0.3, -0.25) is 4.90 Å². The highest BCUT2D eigenvalue weighted by atomic mass is 16.5. The number of anilines is 1. The maximum absolute atomic E-state index is 10.4. The fraction of sp³-hybridized carbons (Fsp3) is 0.522. The van der Waals surface area contributed by atoms with E-state index < -0.39 is 0 Å². The second kappa shape index (κ2) is 7.86. The van der Waals surface area contributed by atoms with Crippen molar-refractivity contribution < 1.29 is 9.84 Å². The van der Waals surface area contributed by atoms with Crippen LogP contribution in [0, 0.1) is 18.3 Å². The minimum absolute atomic E-state index is 0.0738. The van der Waals surface area contributed by atoms with Crippen LogP contribution >= 0.6 is 0 Å². The van der Waals surface area contributed by atoms with E-state index in [4.69, 9.17) is 10.00 Å². The number of nitriles is 1. The van der Waals surface area contributed by atoms with Gasteiger partial charge in [-0.25, -0.2) is 0 Å². The van der Waals surface area contributed by atoms with E-state index in [1.54, 1.807) is 12.1 Å². The monoisotopic (exact) mass is 405 g/mol. The van der Waals surface area contributed by atoms with E-state index >= 15 is 0 Å². The summed E-state index contributed by atoms with van der Waals surface area (Å²) in [6, 6.07) is 8.06. The Morgan fingerprint density at radius 3 is 2.77 bits per heavy atom. The number of fused-ring (bicyclic) bond motifs is 1. The van der Waals surface area contributed by atoms with Gasteiger partial charge < -0.3 is 14.7 Å². The smallest absolute Gasteiger partial charge is 0.155 e. The third kappa shape index (κ3) is 3.30. The second-order valence-electron chi connectivity index (χ2n) is 8.60. The van der Waals surface area contributed by atoms with Crippen molar-refractivity contribution in [3.63, 3.8) is 0 Å². The molecule has 0 unspecified atom stereocenters. The summed E-state index contributed by atoms with van der Waals surface area (Å²) in [5.74, 6) is 1.08. The lowest BCUT2D eigenvalue weighted by molar-refractivity contribution is -0.0721. The number of likely N-dealkylation sites (tertiary alicyclic amines) is 1. The average molecular weight is 406 g/mol. The van der Waals surface area contributed by atoms with Gasteiger partial charge in [-0.2, -0.15) is 5.26 Å². The summed E-state index contributed by atoms with van der Waals surface area (Å²) in [5.41, 5.74) is 4.08. The Morgan fingerprint density at radius 2 is 2.03 bits per heavy atom. The molecule has 0 saturated carbocycles. The van der Waals surface area contributed by atoms with Crippen molar-refractivity contribution in [2.24, 2.45) is 0 Å². The summed E-state index contributed by atoms with van der Waals surface area (Å²) in [4.78, 5) is 5.04. The minimum Gasteiger partial charge on any atom is -0.507 e. The second-order valence-corrected chi connectivity index (χ2v) is 8.60. The van der Waals surface area contributed by atoms with Crippen LogP contribution in [0.1, 0.15) is 36.0 Å². The molecule has 2 fully saturated rings. The Morgan fingerprint density at radius 1 is 1.17 bits per heavy atom. The number of hydrogen-bond donors (Lipinski definition) is 1. The molecule has 0 aliphatic carbocycles. The van der Waals surface area contributed by atoms with Crippen LogP contribution in [-0.4, -0.2) is 65.1 Å². The van der Waals surface area contributed by atoms with Gasteiger partial charge in [0.2, 0.25) is 0 Å². The van der Waals surface area contributed by atoms with E-state index in [0.717, 1.165) is 57.1 Å². The first-order valence-corrected chi connectivity index (χ1v) is 10.8. The SMILES string of the molecule is Cc1c(-c2ccc(C#N)cc2O)nnc2c1CCCN2[C@@H]1CCCN(C2COC2)C1. The molecule has 1 N–H and O–H groups in total. The van der Waals surface area contributed by atoms with Crippen molar-refractivity contribution in [1.29, 1.82) is 5.26 Å². The first-order chi connectivity index (χ1) is 14.7. The molecule has 7 heteroatoms. The van der Waals surface area contributed by atoms with E-state index in [1.807, 2.05) is 0 Å². The number of rotatable bonds is 3. The molecule has 0 spiro atoms. The molecular weight excluding hydrogens is 378 g/mol. The van der Waals surface area contributed by atoms with Crippen LogP contribution in [0.5, 0.6) is 5.75 Å². The summed E-state index contributed by atoms with van der Waals surface area (Å²) in [6.45, 7) is 7.03. The number of nitrogens with zero attached hydrogens (tertiary/aromatic N) is 5. The number of piperidine rings is 1. The van der Waals surface area contributed by atoms with Crippen molar-refractivity contribution in [3.05, 3.63) is 34.9 Å². The molecule has 1 aromatic carbocycles. The summed E-state index contributed by atoms with van der Waals surface area (Å²) >= 11 is 0. The van der Waals surface area contributed by atoms with Crippen LogP contribution in [0.4, 0.5) is 5.82 Å². The molecule has 5 rings (SSSR count). The fourth-order valence-electron chi connectivity index (χ4n) is 5.02. The van der Waals surface area contributed by atoms with Crippen molar-refractivity contribution in [2.75, 3.05) is 37.7 Å². The van der Waals surface area contributed by atoms with E-state index in [1.165, 1.54) is 24.5 Å². The molecule has 7 nitrogen and oxygen atoms in total. The Hall–Kier alpha value is -2.69. The van der Waals surface area contributed by atoms with Gasteiger partial charge in [0.1, 0.15) is 5.75 Å². The van der Waals surface area contributed by atoms with Crippen LogP contribution in [0.15, 0.2) is 18.2 Å². The number of ether oxygens (including phenoxy) is 1. The molecule has 1 atom stereocenters. The molecule has 1 aromatic heterocycles. The summed E-state index contributed by atoms with van der Waals surface area (Å²) in [6.07, 6.45) is 4.46. The Labute approximate surface area is 176 Å². The van der Waals surface area contributed by atoms with Gasteiger partial charge in [0.15, 0.2) is 5.82 Å². The van der Waals surface area contributed by atoms with Gasteiger partial charge >= 0.3 is 0 Å². The minimum atomic E-state index is 0.0738. The van der Waals surface area contributed by atoms with Crippen molar-refractivity contribution in [2.45, 2.75) is 44.7 Å². The van der Waals surface area contributed by atoms with Crippen molar-refractivity contribution >= 4 is 5.82 Å². The lowest BCUT2D eigenvalue weighted by Gasteiger charge is -2.46. The first-order valence-electron chi connectivity index (χ1n) is 10.8. The zero-order valence-corrected chi connectivity index (χ0v) is 17.3. The third-order valence-electron chi connectivity index (χ3n) is 6.81. The van der Waals surface area contributed by atoms with Gasteiger partial charge in [-0.05, 0) is 62.9 Å². The summed E-state index contributed by atoms with van der Waals surface area (Å²) < 4.78 is 5.40. The zero-order valence-electron chi connectivity index (χ0n) is 17.3. The number of phenols is 1. The zero-order chi connectivity index (χ0) is 20.7. The normalized spacial score (nSPS) is 22.3. The Balaban J connectivity index is 1.45. The third-order valence-corrected chi connectivity index (χ3v) is 6.81.